The second-order valence-corrected chi connectivity index (χ2v) is 10.7. The summed E-state index contributed by atoms with van der Waals surface area (Å²) in [5, 5.41) is 6.80. The number of fused-ring (bicyclic) bond motifs is 2. The van der Waals surface area contributed by atoms with Gasteiger partial charge in [-0.3, -0.25) is 0 Å². The van der Waals surface area contributed by atoms with Crippen molar-refractivity contribution >= 4 is 74.9 Å². The Morgan fingerprint density at radius 3 is 2.06 bits per heavy atom. The molecule has 0 fully saturated rings. The summed E-state index contributed by atoms with van der Waals surface area (Å²) in [6.07, 6.45) is 3.92. The maximum absolute atomic E-state index is 4.04. The van der Waals surface area contributed by atoms with E-state index in [9.17, 15) is 0 Å². The van der Waals surface area contributed by atoms with Gasteiger partial charge in [0.25, 0.3) is 0 Å². The highest BCUT2D eigenvalue weighted by Crippen LogP contribution is 2.44. The van der Waals surface area contributed by atoms with Gasteiger partial charge in [0.2, 0.25) is 0 Å². The van der Waals surface area contributed by atoms with Crippen LogP contribution in [0, 0.1) is 6.92 Å². The van der Waals surface area contributed by atoms with Crippen molar-refractivity contribution in [2.45, 2.75) is 20.8 Å². The topological polar surface area (TPSA) is 0 Å². The van der Waals surface area contributed by atoms with Gasteiger partial charge in [-0.15, -0.1) is 22.7 Å². The summed E-state index contributed by atoms with van der Waals surface area (Å²) >= 11 is 3.75. The molecular weight excluding hydrogens is 443 g/mol. The molecule has 0 saturated heterocycles. The van der Waals surface area contributed by atoms with Gasteiger partial charge in [0.05, 0.1) is 4.88 Å². The fourth-order valence-electron chi connectivity index (χ4n) is 3.90. The fourth-order valence-corrected chi connectivity index (χ4v) is 8.11. The minimum atomic E-state index is 0.620. The Morgan fingerprint density at radius 2 is 1.44 bits per heavy atom. The van der Waals surface area contributed by atoms with Gasteiger partial charge in [0, 0.05) is 25.1 Å². The zero-order chi connectivity index (χ0) is 22.7. The minimum Gasteiger partial charge on any atom is -0.134 e. The van der Waals surface area contributed by atoms with E-state index in [4.69, 9.17) is 0 Å². The van der Waals surface area contributed by atoms with Crippen molar-refractivity contribution in [3.63, 3.8) is 0 Å². The summed E-state index contributed by atoms with van der Waals surface area (Å²) in [5.41, 5.74) is 2.52. The van der Waals surface area contributed by atoms with E-state index in [1.165, 1.54) is 57.2 Å². The molecule has 3 aromatic carbocycles. The van der Waals surface area contributed by atoms with Gasteiger partial charge >= 0.3 is 0 Å². The average molecular weight is 471 g/mol. The Morgan fingerprint density at radius 1 is 0.781 bits per heavy atom. The first-order valence-electron chi connectivity index (χ1n) is 10.9. The largest absolute Gasteiger partial charge is 0.134 e. The lowest BCUT2D eigenvalue weighted by molar-refractivity contribution is 1.50. The van der Waals surface area contributed by atoms with E-state index >= 15 is 0 Å². The summed E-state index contributed by atoms with van der Waals surface area (Å²) < 4.78 is 1.36. The Kier molecular flexibility index (Phi) is 7.06. The number of benzene rings is 3. The monoisotopic (exact) mass is 470 g/mol. The third-order valence-corrected chi connectivity index (χ3v) is 9.61. The molecule has 0 aliphatic rings. The lowest BCUT2D eigenvalue weighted by Gasteiger charge is -2.06. The van der Waals surface area contributed by atoms with Crippen LogP contribution < -0.4 is 10.6 Å². The molecule has 0 radical (unpaired) electrons. The van der Waals surface area contributed by atoms with Crippen molar-refractivity contribution in [3.05, 3.63) is 95.9 Å². The van der Waals surface area contributed by atoms with Gasteiger partial charge in [0.1, 0.15) is 0 Å². The first-order valence-corrected chi connectivity index (χ1v) is 13.5. The molecule has 1 atom stereocenters. The van der Waals surface area contributed by atoms with E-state index < -0.39 is 0 Å². The minimum absolute atomic E-state index is 0.620. The Balaban J connectivity index is 0.00000119. The van der Waals surface area contributed by atoms with Crippen LogP contribution in [0.5, 0.6) is 0 Å². The van der Waals surface area contributed by atoms with Crippen LogP contribution in [0.1, 0.15) is 29.9 Å². The van der Waals surface area contributed by atoms with Crippen LogP contribution in [0.15, 0.2) is 79.9 Å². The predicted molar refractivity (Wildman–Crippen MR) is 153 cm³/mol. The van der Waals surface area contributed by atoms with Crippen molar-refractivity contribution in [3.8, 4) is 9.75 Å². The molecule has 0 spiro atoms. The molecule has 32 heavy (non-hydrogen) atoms. The molecule has 0 bridgehead atoms. The maximum Gasteiger partial charge on any atom is 0.0535 e. The lowest BCUT2D eigenvalue weighted by Crippen LogP contribution is -2.04. The second kappa shape index (κ2) is 9.96. The zero-order valence-corrected chi connectivity index (χ0v) is 21.4. The van der Waals surface area contributed by atoms with Crippen LogP contribution in [0.25, 0.3) is 42.8 Å². The molecule has 5 rings (SSSR count). The average Bonchev–Trinajstić information content (AvgIpc) is 3.35. The molecule has 0 N–H and O–H groups in total. The standard InChI is InChI=1S/C27H21PS2.C2H6/c1-4-21-17(3)26(29-23(21)5-2)27-25(28-20-13-7-6-8-14-20)22-15-18-11-9-10-12-19(18)16-24(22)30-27;1-2/h4-16,28H,1-2H2,3H3;1-2H3. The molecule has 0 aliphatic heterocycles. The first kappa shape index (κ1) is 22.7. The summed E-state index contributed by atoms with van der Waals surface area (Å²) in [4.78, 5) is 3.94. The number of hydrogen-bond donors (Lipinski definition) is 0. The van der Waals surface area contributed by atoms with Crippen molar-refractivity contribution in [2.24, 2.45) is 0 Å². The SMILES string of the molecule is C=Cc1sc(-c2sc3cc4ccccc4cc3c2Pc2ccccc2)c(C)c1C=C.CC. The summed E-state index contributed by atoms with van der Waals surface area (Å²) in [7, 11) is 0.620. The van der Waals surface area contributed by atoms with Crippen LogP contribution >= 0.6 is 31.3 Å². The molecule has 2 heterocycles. The fraction of sp³-hybridized carbons (Fsp3) is 0.103. The van der Waals surface area contributed by atoms with Gasteiger partial charge in [-0.05, 0) is 46.3 Å². The van der Waals surface area contributed by atoms with Crippen molar-refractivity contribution < 1.29 is 0 Å². The number of rotatable bonds is 5. The molecule has 0 aliphatic carbocycles. The third-order valence-electron chi connectivity index (χ3n) is 5.42. The van der Waals surface area contributed by atoms with Crippen molar-refractivity contribution in [2.75, 3.05) is 0 Å². The molecule has 3 heteroatoms. The normalized spacial score (nSPS) is 11.1. The molecule has 0 saturated carbocycles. The molecule has 2 aromatic heterocycles. The molecule has 0 amide bonds. The first-order chi connectivity index (χ1) is 15.7. The predicted octanol–water partition coefficient (Wildman–Crippen LogP) is 9.03. The molecule has 160 valence electrons. The number of hydrogen-bond acceptors (Lipinski definition) is 2. The van der Waals surface area contributed by atoms with E-state index in [0.717, 1.165) is 0 Å². The van der Waals surface area contributed by atoms with E-state index in [1.54, 1.807) is 0 Å². The van der Waals surface area contributed by atoms with Crippen LogP contribution in [-0.2, 0) is 0 Å². The maximum atomic E-state index is 4.04. The zero-order valence-electron chi connectivity index (χ0n) is 18.7. The summed E-state index contributed by atoms with van der Waals surface area (Å²) in [6.45, 7) is 14.3. The Bertz CT molecular complexity index is 1400. The molecule has 0 nitrogen and oxygen atoms in total. The molecular formula is C29H27PS2. The van der Waals surface area contributed by atoms with Crippen LogP contribution in [0.4, 0.5) is 0 Å². The Labute approximate surface area is 200 Å². The van der Waals surface area contributed by atoms with Crippen LogP contribution in [0.3, 0.4) is 0 Å². The van der Waals surface area contributed by atoms with Crippen molar-refractivity contribution in [1.29, 1.82) is 0 Å². The van der Waals surface area contributed by atoms with E-state index in [1.807, 2.05) is 48.7 Å². The highest BCUT2D eigenvalue weighted by atomic mass is 32.1. The molecule has 5 aromatic rings. The van der Waals surface area contributed by atoms with E-state index in [-0.39, 0.29) is 0 Å². The van der Waals surface area contributed by atoms with Gasteiger partial charge in [-0.25, -0.2) is 0 Å². The van der Waals surface area contributed by atoms with Gasteiger partial charge in [-0.1, -0.05) is 102 Å². The third kappa shape index (κ3) is 4.11. The smallest absolute Gasteiger partial charge is 0.0535 e. The van der Waals surface area contributed by atoms with Gasteiger partial charge in [-0.2, -0.15) is 0 Å². The van der Waals surface area contributed by atoms with Gasteiger partial charge in [0.15, 0.2) is 0 Å². The quantitative estimate of drug-likeness (QED) is 0.225. The summed E-state index contributed by atoms with van der Waals surface area (Å²) in [5.74, 6) is 0. The summed E-state index contributed by atoms with van der Waals surface area (Å²) in [6, 6.07) is 24.2. The molecule has 1 unspecified atom stereocenters. The lowest BCUT2D eigenvalue weighted by atomic mass is 10.1. The highest BCUT2D eigenvalue weighted by Gasteiger charge is 2.20. The van der Waals surface area contributed by atoms with E-state index in [0.29, 0.717) is 8.58 Å². The second-order valence-electron chi connectivity index (χ2n) is 7.24. The van der Waals surface area contributed by atoms with Gasteiger partial charge < -0.3 is 0 Å². The van der Waals surface area contributed by atoms with Crippen molar-refractivity contribution in [1.82, 2.24) is 0 Å². The highest BCUT2D eigenvalue weighted by molar-refractivity contribution is 7.58. The van der Waals surface area contributed by atoms with E-state index in [2.05, 4.69) is 86.8 Å². The van der Waals surface area contributed by atoms with Crippen LogP contribution in [-0.4, -0.2) is 0 Å². The van der Waals surface area contributed by atoms with Crippen LogP contribution in [0.2, 0.25) is 0 Å². The number of thiophene rings is 2. The Hall–Kier alpha value is -2.51.